The van der Waals surface area contributed by atoms with Crippen LogP contribution >= 0.6 is 39.6 Å². The molecule has 0 aliphatic rings. The number of thiocarbonyl (C=S) groups is 1. The van der Waals surface area contributed by atoms with Gasteiger partial charge in [0.25, 0.3) is 0 Å². The van der Waals surface area contributed by atoms with Gasteiger partial charge in [-0.05, 0) is 13.3 Å². The zero-order valence-electron chi connectivity index (χ0n) is 9.88. The predicted molar refractivity (Wildman–Crippen MR) is 89.0 cm³/mol. The van der Waals surface area contributed by atoms with E-state index in [0.29, 0.717) is 11.0 Å². The second kappa shape index (κ2) is 8.83. The Labute approximate surface area is 118 Å². The summed E-state index contributed by atoms with van der Waals surface area (Å²) < 4.78 is 0.387. The molecule has 0 radical (unpaired) electrons. The minimum atomic E-state index is -1.72. The van der Waals surface area contributed by atoms with Crippen molar-refractivity contribution >= 4 is 56.9 Å². The molecule has 0 rings (SSSR count). The van der Waals surface area contributed by atoms with Crippen LogP contribution in [0.5, 0.6) is 0 Å². The van der Waals surface area contributed by atoms with E-state index in [1.807, 2.05) is 11.4 Å². The lowest BCUT2D eigenvalue weighted by Crippen LogP contribution is -2.15. The summed E-state index contributed by atoms with van der Waals surface area (Å²) in [6.45, 7) is 7.33. The van der Waals surface area contributed by atoms with Gasteiger partial charge in [0.2, 0.25) is 0 Å². The summed E-state index contributed by atoms with van der Waals surface area (Å²) in [5.74, 6) is 3.32. The van der Waals surface area contributed by atoms with E-state index in [1.165, 1.54) is 0 Å². The van der Waals surface area contributed by atoms with E-state index in [4.69, 9.17) is 30.4 Å². The summed E-state index contributed by atoms with van der Waals surface area (Å²) in [6.07, 6.45) is 6.44. The number of terminal acetylenes is 1. The van der Waals surface area contributed by atoms with Crippen LogP contribution in [0.2, 0.25) is 0 Å². The molecule has 6 heteroatoms. The van der Waals surface area contributed by atoms with E-state index in [2.05, 4.69) is 31.4 Å². The van der Waals surface area contributed by atoms with Crippen LogP contribution in [0.4, 0.5) is 0 Å². The lowest BCUT2D eigenvalue weighted by atomic mass is 10.4. The van der Waals surface area contributed by atoms with Crippen LogP contribution in [-0.2, 0) is 11.8 Å². The molecule has 0 aromatic heterocycles. The molecule has 0 N–H and O–H groups in total. The molecule has 0 aliphatic heterocycles. The lowest BCUT2D eigenvalue weighted by molar-refractivity contribution is 0.738. The molecule has 0 aromatic carbocycles. The Balaban J connectivity index is 4.80. The SMILES string of the molecule is C#CCSP(=S)(SC(C)CC)N(C=S)CC. The quantitative estimate of drug-likeness (QED) is 0.370. The molecule has 0 amide bonds. The molecule has 1 nitrogen and oxygen atoms in total. The third-order valence-corrected chi connectivity index (χ3v) is 13.6. The molecule has 2 unspecified atom stereocenters. The summed E-state index contributed by atoms with van der Waals surface area (Å²) in [5, 5.41) is 0.556. The highest BCUT2D eigenvalue weighted by Gasteiger charge is 2.25. The molecular weight excluding hydrogens is 293 g/mol. The molecule has 0 spiro atoms. The highest BCUT2D eigenvalue weighted by atomic mass is 33.2. The van der Waals surface area contributed by atoms with Gasteiger partial charge in [-0.25, -0.2) is 0 Å². The van der Waals surface area contributed by atoms with Crippen molar-refractivity contribution < 1.29 is 0 Å². The van der Waals surface area contributed by atoms with Gasteiger partial charge in [0.15, 0.2) is 0 Å². The average molecular weight is 312 g/mol. The smallest absolute Gasteiger partial charge is 0.144 e. The van der Waals surface area contributed by atoms with Gasteiger partial charge >= 0.3 is 0 Å². The minimum Gasteiger partial charge on any atom is -0.325 e. The second-order valence-electron chi connectivity index (χ2n) is 3.13. The third kappa shape index (κ3) is 5.42. The highest BCUT2D eigenvalue weighted by molar-refractivity contribution is 9.00. The Morgan fingerprint density at radius 3 is 2.56 bits per heavy atom. The van der Waals surface area contributed by atoms with E-state index in [-0.39, 0.29) is 0 Å². The minimum absolute atomic E-state index is 0.556. The van der Waals surface area contributed by atoms with Gasteiger partial charge in [-0.15, -0.1) is 6.42 Å². The number of hydrogen-bond acceptors (Lipinski definition) is 4. The monoisotopic (exact) mass is 311 g/mol. The van der Waals surface area contributed by atoms with E-state index < -0.39 is 4.59 Å². The number of nitrogens with zero attached hydrogens (tertiary/aromatic N) is 1. The highest BCUT2D eigenvalue weighted by Crippen LogP contribution is 2.72. The van der Waals surface area contributed by atoms with Crippen LogP contribution in [0.3, 0.4) is 0 Å². The summed E-state index contributed by atoms with van der Waals surface area (Å²) >= 11 is 14.4. The van der Waals surface area contributed by atoms with Crippen molar-refractivity contribution in [3.05, 3.63) is 0 Å². The van der Waals surface area contributed by atoms with Crippen LogP contribution in [0.25, 0.3) is 0 Å². The topological polar surface area (TPSA) is 3.24 Å². The molecule has 0 heterocycles. The first-order valence-corrected chi connectivity index (χ1v) is 11.4. The maximum absolute atomic E-state index is 5.80. The van der Waals surface area contributed by atoms with Crippen LogP contribution < -0.4 is 0 Å². The molecule has 0 saturated heterocycles. The van der Waals surface area contributed by atoms with Gasteiger partial charge in [-0.2, -0.15) is 0 Å². The maximum Gasteiger partial charge on any atom is 0.144 e. The van der Waals surface area contributed by atoms with Crippen LogP contribution in [-0.4, -0.2) is 27.7 Å². The van der Waals surface area contributed by atoms with Crippen LogP contribution in [0.15, 0.2) is 0 Å². The van der Waals surface area contributed by atoms with Crippen LogP contribution in [0.1, 0.15) is 27.2 Å². The van der Waals surface area contributed by atoms with Gasteiger partial charge < -0.3 is 4.67 Å². The van der Waals surface area contributed by atoms with Crippen molar-refractivity contribution in [2.45, 2.75) is 32.4 Å². The van der Waals surface area contributed by atoms with Gasteiger partial charge in [0, 0.05) is 11.8 Å². The molecular formula is C10H18NPS4. The first-order chi connectivity index (χ1) is 7.53. The standard InChI is InChI=1S/C10H18NPS4/c1-5-8-15-12(14,11(7-3)9-13)16-10(4)6-2/h1,9-10H,6-8H2,2-4H3. The Bertz CT molecular complexity index is 300. The summed E-state index contributed by atoms with van der Waals surface area (Å²) in [5.41, 5.74) is 1.69. The molecule has 16 heavy (non-hydrogen) atoms. The average Bonchev–Trinajstić information content (AvgIpc) is 2.27. The largest absolute Gasteiger partial charge is 0.325 e. The number of hydrogen-bond donors (Lipinski definition) is 0. The second-order valence-corrected chi connectivity index (χ2v) is 14.6. The zero-order valence-corrected chi connectivity index (χ0v) is 14.0. The zero-order chi connectivity index (χ0) is 12.6. The van der Waals surface area contributed by atoms with Crippen molar-refractivity contribution in [2.24, 2.45) is 0 Å². The van der Waals surface area contributed by atoms with E-state index in [0.717, 1.165) is 13.0 Å². The predicted octanol–water partition coefficient (Wildman–Crippen LogP) is 4.39. The van der Waals surface area contributed by atoms with Gasteiger partial charge in [0.05, 0.1) is 11.2 Å². The van der Waals surface area contributed by atoms with Crippen molar-refractivity contribution in [3.8, 4) is 12.3 Å². The first-order valence-electron chi connectivity index (χ1n) is 5.12. The van der Waals surface area contributed by atoms with Crippen molar-refractivity contribution in [1.29, 1.82) is 0 Å². The molecule has 92 valence electrons. The Morgan fingerprint density at radius 1 is 1.56 bits per heavy atom. The van der Waals surface area contributed by atoms with Gasteiger partial charge in [0.1, 0.15) is 4.59 Å². The molecule has 0 fully saturated rings. The summed E-state index contributed by atoms with van der Waals surface area (Å²) in [7, 11) is 0. The fourth-order valence-corrected chi connectivity index (χ4v) is 12.8. The molecule has 0 saturated carbocycles. The van der Waals surface area contributed by atoms with E-state index >= 15 is 0 Å². The van der Waals surface area contributed by atoms with E-state index in [9.17, 15) is 0 Å². The normalized spacial score (nSPS) is 15.9. The first kappa shape index (κ1) is 16.8. The van der Waals surface area contributed by atoms with Crippen molar-refractivity contribution in [1.82, 2.24) is 4.67 Å². The van der Waals surface area contributed by atoms with Crippen molar-refractivity contribution in [2.75, 3.05) is 12.3 Å². The van der Waals surface area contributed by atoms with Gasteiger partial charge in [-0.3, -0.25) is 0 Å². The van der Waals surface area contributed by atoms with Crippen molar-refractivity contribution in [3.63, 3.8) is 0 Å². The Hall–Kier alpha value is 0.800. The molecule has 0 aromatic rings. The van der Waals surface area contributed by atoms with E-state index in [1.54, 1.807) is 16.9 Å². The third-order valence-electron chi connectivity index (χ3n) is 1.96. The number of rotatable bonds is 8. The Kier molecular flexibility index (Phi) is 9.27. The summed E-state index contributed by atoms with van der Waals surface area (Å²) in [6, 6.07) is 0. The fraction of sp³-hybridized carbons (Fsp3) is 0.700. The fourth-order valence-electron chi connectivity index (χ4n) is 0.891. The lowest BCUT2D eigenvalue weighted by Gasteiger charge is -2.32. The summed E-state index contributed by atoms with van der Waals surface area (Å²) in [4.78, 5) is 0. The molecule has 0 aliphatic carbocycles. The maximum atomic E-state index is 5.80. The van der Waals surface area contributed by atoms with Gasteiger partial charge in [-0.1, -0.05) is 66.6 Å². The van der Waals surface area contributed by atoms with Crippen LogP contribution in [0, 0.1) is 12.3 Å². The molecule has 0 bridgehead atoms. The Morgan fingerprint density at radius 2 is 2.19 bits per heavy atom. The molecule has 2 atom stereocenters.